The lowest BCUT2D eigenvalue weighted by Gasteiger charge is -2.11. The maximum Gasteiger partial charge on any atom is 0.189 e. The summed E-state index contributed by atoms with van der Waals surface area (Å²) in [7, 11) is 3.36. The predicted molar refractivity (Wildman–Crippen MR) is 78.5 cm³/mol. The zero-order chi connectivity index (χ0) is 14.7. The van der Waals surface area contributed by atoms with E-state index in [0.717, 1.165) is 11.4 Å². The van der Waals surface area contributed by atoms with Gasteiger partial charge >= 0.3 is 0 Å². The first-order valence-corrected chi connectivity index (χ1v) is 6.38. The zero-order valence-corrected chi connectivity index (χ0v) is 11.7. The second-order valence-electron chi connectivity index (χ2n) is 4.22. The molecule has 0 fully saturated rings. The first-order chi connectivity index (χ1) is 10.3. The van der Waals surface area contributed by atoms with Crippen LogP contribution in [-0.2, 0) is 0 Å². The first kappa shape index (κ1) is 13.0. The molecule has 0 amide bonds. The second-order valence-corrected chi connectivity index (χ2v) is 4.22. The van der Waals surface area contributed by atoms with Gasteiger partial charge in [-0.2, -0.15) is 0 Å². The van der Waals surface area contributed by atoms with Crippen LogP contribution < -0.4 is 10.1 Å². The molecule has 106 valence electrons. The topological polar surface area (TPSA) is 77.8 Å². The summed E-state index contributed by atoms with van der Waals surface area (Å²) in [6, 6.07) is 9.73. The van der Waals surface area contributed by atoms with E-state index in [1.165, 1.54) is 6.33 Å². The van der Waals surface area contributed by atoms with Crippen LogP contribution in [0.1, 0.15) is 0 Å². The van der Waals surface area contributed by atoms with Gasteiger partial charge in [-0.3, -0.25) is 0 Å². The Morgan fingerprint density at radius 3 is 2.67 bits per heavy atom. The van der Waals surface area contributed by atoms with Gasteiger partial charge in [0.15, 0.2) is 11.6 Å². The van der Waals surface area contributed by atoms with Crippen LogP contribution in [0.2, 0.25) is 0 Å². The van der Waals surface area contributed by atoms with Crippen LogP contribution in [0.15, 0.2) is 42.9 Å². The smallest absolute Gasteiger partial charge is 0.189 e. The van der Waals surface area contributed by atoms with E-state index in [1.54, 1.807) is 25.0 Å². The van der Waals surface area contributed by atoms with Gasteiger partial charge in [-0.05, 0) is 12.1 Å². The van der Waals surface area contributed by atoms with Crippen molar-refractivity contribution in [3.8, 4) is 22.8 Å². The van der Waals surface area contributed by atoms with E-state index in [0.29, 0.717) is 17.3 Å². The Morgan fingerprint density at radius 2 is 1.95 bits per heavy atom. The minimum atomic E-state index is 0.555. The van der Waals surface area contributed by atoms with Crippen LogP contribution in [0, 0.1) is 0 Å². The molecule has 0 atom stereocenters. The average Bonchev–Trinajstić information content (AvgIpc) is 3.04. The monoisotopic (exact) mass is 282 g/mol. The van der Waals surface area contributed by atoms with Crippen LogP contribution in [-0.4, -0.2) is 39.1 Å². The molecule has 0 saturated carbocycles. The van der Waals surface area contributed by atoms with Gasteiger partial charge in [0.05, 0.1) is 19.0 Å². The molecule has 0 spiro atoms. The van der Waals surface area contributed by atoms with Crippen molar-refractivity contribution in [2.45, 2.75) is 0 Å². The molecule has 0 radical (unpaired) electrons. The highest BCUT2D eigenvalue weighted by atomic mass is 16.5. The SMILES string of the molecule is CNc1ncnc(-c2cnnn2-c2ccccc2)c1OC. The Hall–Kier alpha value is -2.96. The fourth-order valence-electron chi connectivity index (χ4n) is 2.08. The van der Waals surface area contributed by atoms with E-state index in [4.69, 9.17) is 4.74 Å². The summed E-state index contributed by atoms with van der Waals surface area (Å²) in [5, 5.41) is 11.1. The Labute approximate surface area is 121 Å². The van der Waals surface area contributed by atoms with Gasteiger partial charge in [-0.25, -0.2) is 14.6 Å². The minimum Gasteiger partial charge on any atom is -0.491 e. The maximum absolute atomic E-state index is 5.43. The van der Waals surface area contributed by atoms with Gasteiger partial charge in [-0.15, -0.1) is 5.10 Å². The lowest BCUT2D eigenvalue weighted by atomic mass is 10.2. The maximum atomic E-state index is 5.43. The van der Waals surface area contributed by atoms with E-state index < -0.39 is 0 Å². The predicted octanol–water partition coefficient (Wildman–Crippen LogP) is 1.77. The van der Waals surface area contributed by atoms with Crippen LogP contribution in [0.5, 0.6) is 5.75 Å². The van der Waals surface area contributed by atoms with Crippen molar-refractivity contribution >= 4 is 5.82 Å². The number of nitrogens with zero attached hydrogens (tertiary/aromatic N) is 5. The van der Waals surface area contributed by atoms with E-state index >= 15 is 0 Å². The number of aromatic nitrogens is 5. The lowest BCUT2D eigenvalue weighted by molar-refractivity contribution is 0.414. The number of methoxy groups -OCH3 is 1. The normalized spacial score (nSPS) is 10.4. The average molecular weight is 282 g/mol. The number of benzene rings is 1. The number of nitrogens with one attached hydrogen (secondary N) is 1. The van der Waals surface area contributed by atoms with Crippen molar-refractivity contribution in [1.29, 1.82) is 0 Å². The molecule has 0 bridgehead atoms. The second kappa shape index (κ2) is 5.58. The number of ether oxygens (including phenoxy) is 1. The third kappa shape index (κ3) is 2.29. The Bertz CT molecular complexity index is 740. The van der Waals surface area contributed by atoms with Crippen molar-refractivity contribution in [2.24, 2.45) is 0 Å². The quantitative estimate of drug-likeness (QED) is 0.786. The number of anilines is 1. The van der Waals surface area contributed by atoms with Crippen LogP contribution in [0.25, 0.3) is 17.1 Å². The molecule has 7 nitrogen and oxygen atoms in total. The van der Waals surface area contributed by atoms with Crippen molar-refractivity contribution in [1.82, 2.24) is 25.0 Å². The third-order valence-corrected chi connectivity index (χ3v) is 3.04. The summed E-state index contributed by atoms with van der Waals surface area (Å²) < 4.78 is 7.14. The van der Waals surface area contributed by atoms with E-state index in [2.05, 4.69) is 25.6 Å². The summed E-state index contributed by atoms with van der Waals surface area (Å²) in [5.41, 5.74) is 2.26. The molecule has 3 aromatic rings. The molecule has 7 heteroatoms. The molecule has 21 heavy (non-hydrogen) atoms. The highest BCUT2D eigenvalue weighted by molar-refractivity contribution is 5.70. The first-order valence-electron chi connectivity index (χ1n) is 6.38. The fraction of sp³-hybridized carbons (Fsp3) is 0.143. The van der Waals surface area contributed by atoms with Gasteiger partial charge in [0.2, 0.25) is 0 Å². The zero-order valence-electron chi connectivity index (χ0n) is 11.7. The molecular weight excluding hydrogens is 268 g/mol. The number of para-hydroxylation sites is 1. The number of hydrogen-bond acceptors (Lipinski definition) is 6. The summed E-state index contributed by atoms with van der Waals surface area (Å²) in [6.45, 7) is 0. The number of hydrogen-bond donors (Lipinski definition) is 1. The molecule has 0 aliphatic carbocycles. The highest BCUT2D eigenvalue weighted by Gasteiger charge is 2.18. The standard InChI is InChI=1S/C14H14N6O/c1-15-14-13(21-2)12(16-9-17-14)11-8-18-19-20(11)10-6-4-3-5-7-10/h3-9H,1-2H3,(H,15,16,17). The van der Waals surface area contributed by atoms with Crippen LogP contribution >= 0.6 is 0 Å². The number of rotatable bonds is 4. The van der Waals surface area contributed by atoms with Gasteiger partial charge in [0.25, 0.3) is 0 Å². The molecule has 0 unspecified atom stereocenters. The van der Waals surface area contributed by atoms with E-state index in [9.17, 15) is 0 Å². The van der Waals surface area contributed by atoms with Gasteiger partial charge < -0.3 is 10.1 Å². The Balaban J connectivity index is 2.17. The molecule has 3 rings (SSSR count). The van der Waals surface area contributed by atoms with Crippen molar-refractivity contribution in [3.05, 3.63) is 42.9 Å². The molecule has 0 aliphatic rings. The third-order valence-electron chi connectivity index (χ3n) is 3.04. The molecule has 2 aromatic heterocycles. The summed E-state index contributed by atoms with van der Waals surface area (Å²) in [6.07, 6.45) is 3.13. The minimum absolute atomic E-state index is 0.555. The van der Waals surface area contributed by atoms with E-state index in [1.807, 2.05) is 30.3 Å². The van der Waals surface area contributed by atoms with Crippen LogP contribution in [0.4, 0.5) is 5.82 Å². The van der Waals surface area contributed by atoms with Gasteiger partial charge in [-0.1, -0.05) is 23.4 Å². The molecule has 2 heterocycles. The van der Waals surface area contributed by atoms with Gasteiger partial charge in [0.1, 0.15) is 17.7 Å². The van der Waals surface area contributed by atoms with Crippen molar-refractivity contribution in [3.63, 3.8) is 0 Å². The molecular formula is C14H14N6O. The lowest BCUT2D eigenvalue weighted by Crippen LogP contribution is -2.04. The fourth-order valence-corrected chi connectivity index (χ4v) is 2.08. The van der Waals surface area contributed by atoms with E-state index in [-0.39, 0.29) is 0 Å². The molecule has 1 N–H and O–H groups in total. The largest absolute Gasteiger partial charge is 0.491 e. The van der Waals surface area contributed by atoms with Gasteiger partial charge in [0, 0.05) is 7.05 Å². The van der Waals surface area contributed by atoms with Crippen LogP contribution in [0.3, 0.4) is 0 Å². The highest BCUT2D eigenvalue weighted by Crippen LogP contribution is 2.32. The summed E-state index contributed by atoms with van der Waals surface area (Å²) in [4.78, 5) is 8.45. The molecule has 1 aromatic carbocycles. The Kier molecular flexibility index (Phi) is 3.46. The Morgan fingerprint density at radius 1 is 1.14 bits per heavy atom. The summed E-state index contributed by atoms with van der Waals surface area (Å²) >= 11 is 0. The molecule has 0 aliphatic heterocycles. The molecule has 0 saturated heterocycles. The van der Waals surface area contributed by atoms with Crippen molar-refractivity contribution < 1.29 is 4.74 Å². The summed E-state index contributed by atoms with van der Waals surface area (Å²) in [5.74, 6) is 1.17. The van der Waals surface area contributed by atoms with Crippen molar-refractivity contribution in [2.75, 3.05) is 19.5 Å².